The lowest BCUT2D eigenvalue weighted by Crippen LogP contribution is -2.50. The largest absolute Gasteiger partial charge is 0.370 e. The average molecular weight is 320 g/mol. The number of pyridine rings is 1. The van der Waals surface area contributed by atoms with Gasteiger partial charge in [-0.1, -0.05) is 16.8 Å². The first-order valence-corrected chi connectivity index (χ1v) is 7.51. The van der Waals surface area contributed by atoms with Crippen LogP contribution in [0.15, 0.2) is 24.5 Å². The van der Waals surface area contributed by atoms with Gasteiger partial charge in [-0.25, -0.2) is 9.67 Å². The van der Waals surface area contributed by atoms with Gasteiger partial charge in [0.2, 0.25) is 0 Å². The van der Waals surface area contributed by atoms with Crippen molar-refractivity contribution in [2.45, 2.75) is 25.2 Å². The van der Waals surface area contributed by atoms with Crippen LogP contribution in [0, 0.1) is 0 Å². The van der Waals surface area contributed by atoms with E-state index in [9.17, 15) is 4.79 Å². The average Bonchev–Trinajstić information content (AvgIpc) is 3.03. The molecular weight excluding hydrogens is 306 g/mol. The Hall–Kier alpha value is -1.99. The van der Waals surface area contributed by atoms with Crippen molar-refractivity contribution in [1.82, 2.24) is 24.9 Å². The van der Waals surface area contributed by atoms with Crippen molar-refractivity contribution in [3.8, 4) is 0 Å². The van der Waals surface area contributed by atoms with Crippen molar-refractivity contribution in [3.05, 3.63) is 40.9 Å². The highest BCUT2D eigenvalue weighted by atomic mass is 35.5. The van der Waals surface area contributed by atoms with Crippen LogP contribution in [0.1, 0.15) is 28.6 Å². The fourth-order valence-electron chi connectivity index (χ4n) is 3.03. The van der Waals surface area contributed by atoms with Gasteiger partial charge in [-0.15, -0.1) is 5.10 Å². The van der Waals surface area contributed by atoms with E-state index in [-0.39, 0.29) is 18.1 Å². The molecule has 0 N–H and O–H groups in total. The minimum absolute atomic E-state index is 0.0104. The Morgan fingerprint density at radius 3 is 3.09 bits per heavy atom. The Kier molecular flexibility index (Phi) is 3.31. The van der Waals surface area contributed by atoms with Crippen molar-refractivity contribution in [2.75, 3.05) is 13.1 Å². The molecular formula is C14H14ClN5O2. The number of halogens is 1. The van der Waals surface area contributed by atoms with Crippen LogP contribution in [-0.2, 0) is 11.3 Å². The van der Waals surface area contributed by atoms with Crippen LogP contribution < -0.4 is 0 Å². The van der Waals surface area contributed by atoms with E-state index in [0.717, 1.165) is 12.1 Å². The van der Waals surface area contributed by atoms with Gasteiger partial charge in [-0.05, 0) is 18.6 Å². The van der Waals surface area contributed by atoms with Crippen molar-refractivity contribution in [1.29, 1.82) is 0 Å². The molecule has 8 heteroatoms. The summed E-state index contributed by atoms with van der Waals surface area (Å²) in [6, 6.07) is 3.33. The lowest BCUT2D eigenvalue weighted by atomic mass is 10.00. The monoisotopic (exact) mass is 319 g/mol. The number of rotatable bonds is 1. The molecule has 4 rings (SSSR count). The van der Waals surface area contributed by atoms with Crippen LogP contribution in [0.5, 0.6) is 0 Å². The number of likely N-dealkylation sites (tertiary alicyclic amines) is 1. The van der Waals surface area contributed by atoms with E-state index in [4.69, 9.17) is 16.3 Å². The van der Waals surface area contributed by atoms with E-state index in [0.29, 0.717) is 30.4 Å². The first-order valence-electron chi connectivity index (χ1n) is 7.14. The lowest BCUT2D eigenvalue weighted by molar-refractivity contribution is -0.0605. The Bertz CT molecular complexity index is 702. The predicted molar refractivity (Wildman–Crippen MR) is 77.4 cm³/mol. The van der Waals surface area contributed by atoms with Gasteiger partial charge in [-0.3, -0.25) is 4.79 Å². The number of fused-ring (bicyclic) bond motifs is 3. The third-order valence-corrected chi connectivity index (χ3v) is 4.39. The standard InChI is InChI=1S/C14H14ClN5O2/c15-9-1-2-11(16-5-9)14(21)19-4-3-13-12(7-19)20-10(8-22-13)6-17-18-20/h1-2,5-6,12-13H,3-4,7-8H2/t12-,13+/m0/s1. The SMILES string of the molecule is O=C(c1ccc(Cl)cn1)N1CC[C@H]2OCc3cnnn3[C@H]2C1. The van der Waals surface area contributed by atoms with Crippen LogP contribution in [0.2, 0.25) is 5.02 Å². The highest BCUT2D eigenvalue weighted by molar-refractivity contribution is 6.30. The Morgan fingerprint density at radius 2 is 2.27 bits per heavy atom. The molecule has 1 saturated heterocycles. The van der Waals surface area contributed by atoms with Gasteiger partial charge in [0.05, 0.1) is 35.7 Å². The summed E-state index contributed by atoms with van der Waals surface area (Å²) < 4.78 is 7.72. The number of carbonyl (C=O) groups is 1. The zero-order valence-corrected chi connectivity index (χ0v) is 12.5. The van der Waals surface area contributed by atoms with Crippen LogP contribution in [0.4, 0.5) is 0 Å². The summed E-state index contributed by atoms with van der Waals surface area (Å²) in [5.41, 5.74) is 1.35. The summed E-state index contributed by atoms with van der Waals surface area (Å²) in [6.07, 6.45) is 4.05. The quantitative estimate of drug-likeness (QED) is 0.792. The van der Waals surface area contributed by atoms with Crippen molar-refractivity contribution < 1.29 is 9.53 Å². The molecule has 2 atom stereocenters. The molecule has 22 heavy (non-hydrogen) atoms. The molecule has 0 saturated carbocycles. The summed E-state index contributed by atoms with van der Waals surface area (Å²) in [5, 5.41) is 8.59. The molecule has 1 amide bonds. The second-order valence-corrected chi connectivity index (χ2v) is 5.92. The zero-order valence-electron chi connectivity index (χ0n) is 11.7. The number of hydrogen-bond acceptors (Lipinski definition) is 5. The molecule has 1 fully saturated rings. The van der Waals surface area contributed by atoms with Gasteiger partial charge in [0.15, 0.2) is 0 Å². The van der Waals surface area contributed by atoms with Crippen molar-refractivity contribution in [2.24, 2.45) is 0 Å². The molecule has 114 valence electrons. The summed E-state index contributed by atoms with van der Waals surface area (Å²) in [5.74, 6) is -0.0950. The van der Waals surface area contributed by atoms with E-state index in [1.54, 1.807) is 23.2 Å². The molecule has 2 aliphatic rings. The highest BCUT2D eigenvalue weighted by Crippen LogP contribution is 2.30. The predicted octanol–water partition coefficient (Wildman–Crippen LogP) is 1.31. The Balaban J connectivity index is 1.56. The number of carbonyl (C=O) groups excluding carboxylic acids is 1. The third-order valence-electron chi connectivity index (χ3n) is 4.16. The molecule has 0 aliphatic carbocycles. The fraction of sp³-hybridized carbons (Fsp3) is 0.429. The normalized spacial score (nSPS) is 23.8. The van der Waals surface area contributed by atoms with Crippen molar-refractivity contribution in [3.63, 3.8) is 0 Å². The van der Waals surface area contributed by atoms with Crippen molar-refractivity contribution >= 4 is 17.5 Å². The molecule has 0 radical (unpaired) electrons. The molecule has 0 aromatic carbocycles. The summed E-state index contributed by atoms with van der Waals surface area (Å²) >= 11 is 5.81. The maximum atomic E-state index is 12.6. The topological polar surface area (TPSA) is 73.1 Å². The molecule has 0 spiro atoms. The number of piperidine rings is 1. The van der Waals surface area contributed by atoms with Crippen LogP contribution in [0.25, 0.3) is 0 Å². The number of aromatic nitrogens is 4. The molecule has 7 nitrogen and oxygen atoms in total. The second kappa shape index (κ2) is 5.33. The van der Waals surface area contributed by atoms with E-state index in [1.807, 2.05) is 4.68 Å². The molecule has 4 heterocycles. The minimum Gasteiger partial charge on any atom is -0.370 e. The fourth-order valence-corrected chi connectivity index (χ4v) is 3.14. The lowest BCUT2D eigenvalue weighted by Gasteiger charge is -2.40. The number of amides is 1. The van der Waals surface area contributed by atoms with Crippen LogP contribution in [-0.4, -0.2) is 50.0 Å². The van der Waals surface area contributed by atoms with Gasteiger partial charge in [0.1, 0.15) is 5.69 Å². The summed E-state index contributed by atoms with van der Waals surface area (Å²) in [6.45, 7) is 1.72. The third kappa shape index (κ3) is 2.26. The molecule has 0 bridgehead atoms. The van der Waals surface area contributed by atoms with Gasteiger partial charge in [-0.2, -0.15) is 0 Å². The van der Waals surface area contributed by atoms with Gasteiger partial charge < -0.3 is 9.64 Å². The van der Waals surface area contributed by atoms with Gasteiger partial charge >= 0.3 is 0 Å². The molecule has 2 aromatic rings. The van der Waals surface area contributed by atoms with E-state index in [1.165, 1.54) is 6.20 Å². The summed E-state index contributed by atoms with van der Waals surface area (Å²) in [7, 11) is 0. The van der Waals surface area contributed by atoms with Crippen LogP contribution in [0.3, 0.4) is 0 Å². The summed E-state index contributed by atoms with van der Waals surface area (Å²) in [4.78, 5) is 18.5. The molecule has 2 aromatic heterocycles. The smallest absolute Gasteiger partial charge is 0.272 e. The second-order valence-electron chi connectivity index (χ2n) is 5.49. The van der Waals surface area contributed by atoms with Gasteiger partial charge in [0.25, 0.3) is 5.91 Å². The number of ether oxygens (including phenoxy) is 1. The van der Waals surface area contributed by atoms with E-state index < -0.39 is 0 Å². The molecule has 2 aliphatic heterocycles. The first-order chi connectivity index (χ1) is 10.7. The minimum atomic E-state index is -0.0950. The Labute approximate surface area is 131 Å². The molecule has 0 unspecified atom stereocenters. The Morgan fingerprint density at radius 1 is 1.36 bits per heavy atom. The zero-order chi connectivity index (χ0) is 15.1. The number of hydrogen-bond donors (Lipinski definition) is 0. The maximum Gasteiger partial charge on any atom is 0.272 e. The number of nitrogens with zero attached hydrogens (tertiary/aromatic N) is 5. The van der Waals surface area contributed by atoms with Crippen LogP contribution >= 0.6 is 11.6 Å². The highest BCUT2D eigenvalue weighted by Gasteiger charge is 2.38. The first kappa shape index (κ1) is 13.7. The van der Waals surface area contributed by atoms with Gasteiger partial charge in [0, 0.05) is 19.3 Å². The van der Waals surface area contributed by atoms with E-state index >= 15 is 0 Å². The van der Waals surface area contributed by atoms with E-state index in [2.05, 4.69) is 15.3 Å². The maximum absolute atomic E-state index is 12.6.